The van der Waals surface area contributed by atoms with E-state index in [1.165, 1.54) is 22.3 Å². The Labute approximate surface area is 156 Å². The molecule has 1 aromatic rings. The Morgan fingerprint density at radius 2 is 2.00 bits per heavy atom. The number of carbonyl (C=O) groups is 1. The maximum absolute atomic E-state index is 11.4. The number of methoxy groups -OCH3 is 1. The van der Waals surface area contributed by atoms with Crippen LogP contribution in [0.2, 0.25) is 0 Å². The standard InChI is InChI=1S/C23H28O3/c1-23(2)14-18(6-4-5-16-7-10-20(26-3)11-8-16)21-12-9-17(22(24)25)13-19(21)15-23/h4,6-8,10-11,13,17H,5,9,12,14-15H2,1-3H3,(H,24,25)/b6-4+. The highest BCUT2D eigenvalue weighted by Crippen LogP contribution is 2.46. The maximum atomic E-state index is 11.4. The van der Waals surface area contributed by atoms with Gasteiger partial charge in [0.15, 0.2) is 0 Å². The van der Waals surface area contributed by atoms with Gasteiger partial charge in [-0.25, -0.2) is 0 Å². The summed E-state index contributed by atoms with van der Waals surface area (Å²) >= 11 is 0. The Hall–Kier alpha value is -2.29. The van der Waals surface area contributed by atoms with E-state index >= 15 is 0 Å². The zero-order chi connectivity index (χ0) is 18.7. The molecule has 0 amide bonds. The van der Waals surface area contributed by atoms with Crippen molar-refractivity contribution in [3.8, 4) is 5.75 Å². The van der Waals surface area contributed by atoms with Crippen molar-refractivity contribution in [1.82, 2.24) is 0 Å². The number of allylic oxidation sites excluding steroid dienone is 5. The van der Waals surface area contributed by atoms with E-state index in [-0.39, 0.29) is 11.3 Å². The van der Waals surface area contributed by atoms with Crippen LogP contribution in [0, 0.1) is 11.3 Å². The van der Waals surface area contributed by atoms with Crippen LogP contribution in [0.4, 0.5) is 0 Å². The number of carboxylic acid groups (broad SMARTS) is 1. The van der Waals surface area contributed by atoms with Crippen LogP contribution in [0.25, 0.3) is 0 Å². The predicted molar refractivity (Wildman–Crippen MR) is 104 cm³/mol. The van der Waals surface area contributed by atoms with Gasteiger partial charge in [-0.3, -0.25) is 4.79 Å². The van der Waals surface area contributed by atoms with Crippen molar-refractivity contribution in [2.75, 3.05) is 7.11 Å². The summed E-state index contributed by atoms with van der Waals surface area (Å²) in [4.78, 5) is 11.4. The molecule has 1 unspecified atom stereocenters. The van der Waals surface area contributed by atoms with Crippen molar-refractivity contribution in [3.63, 3.8) is 0 Å². The van der Waals surface area contributed by atoms with Crippen molar-refractivity contribution >= 4 is 5.97 Å². The van der Waals surface area contributed by atoms with Gasteiger partial charge in [-0.1, -0.05) is 44.2 Å². The second-order valence-electron chi connectivity index (χ2n) is 8.15. The van der Waals surface area contributed by atoms with Gasteiger partial charge < -0.3 is 9.84 Å². The van der Waals surface area contributed by atoms with Gasteiger partial charge in [-0.2, -0.15) is 0 Å². The van der Waals surface area contributed by atoms with Crippen LogP contribution in [-0.2, 0) is 11.2 Å². The van der Waals surface area contributed by atoms with Crippen LogP contribution in [-0.4, -0.2) is 18.2 Å². The topological polar surface area (TPSA) is 46.5 Å². The number of hydrogen-bond donors (Lipinski definition) is 1. The summed E-state index contributed by atoms with van der Waals surface area (Å²) in [6, 6.07) is 8.16. The number of ether oxygens (including phenoxy) is 1. The summed E-state index contributed by atoms with van der Waals surface area (Å²) in [5, 5.41) is 9.35. The fraction of sp³-hybridized carbons (Fsp3) is 0.435. The van der Waals surface area contributed by atoms with Crippen molar-refractivity contribution < 1.29 is 14.6 Å². The molecule has 0 radical (unpaired) electrons. The molecule has 2 aliphatic carbocycles. The lowest BCUT2D eigenvalue weighted by Crippen LogP contribution is -2.25. The van der Waals surface area contributed by atoms with Gasteiger partial charge in [0.05, 0.1) is 13.0 Å². The molecule has 0 aromatic heterocycles. The number of aliphatic carboxylic acids is 1. The van der Waals surface area contributed by atoms with Crippen molar-refractivity contribution in [1.29, 1.82) is 0 Å². The van der Waals surface area contributed by atoms with Gasteiger partial charge >= 0.3 is 5.97 Å². The molecule has 0 bridgehead atoms. The normalized spacial score (nSPS) is 22.1. The molecule has 2 aliphatic rings. The first kappa shape index (κ1) is 18.5. The molecule has 1 N–H and O–H groups in total. The van der Waals surface area contributed by atoms with Crippen LogP contribution in [0.1, 0.15) is 45.1 Å². The van der Waals surface area contributed by atoms with Crippen molar-refractivity contribution in [2.45, 2.75) is 46.0 Å². The number of fused-ring (bicyclic) bond motifs is 1. The summed E-state index contributed by atoms with van der Waals surface area (Å²) in [5.74, 6) is -0.148. The molecule has 0 saturated heterocycles. The minimum Gasteiger partial charge on any atom is -0.497 e. The van der Waals surface area contributed by atoms with E-state index in [1.807, 2.05) is 18.2 Å². The number of carboxylic acids is 1. The van der Waals surface area contributed by atoms with Gasteiger partial charge in [-0.15, -0.1) is 0 Å². The van der Waals surface area contributed by atoms with Gasteiger partial charge in [0.1, 0.15) is 5.75 Å². The van der Waals surface area contributed by atoms with E-state index in [0.717, 1.165) is 31.4 Å². The van der Waals surface area contributed by atoms with E-state index in [2.05, 4.69) is 38.1 Å². The lowest BCUT2D eigenvalue weighted by molar-refractivity contribution is -0.140. The maximum Gasteiger partial charge on any atom is 0.310 e. The fourth-order valence-corrected chi connectivity index (χ4v) is 4.07. The highest BCUT2D eigenvalue weighted by molar-refractivity contribution is 5.73. The number of rotatable bonds is 5. The molecular formula is C23H28O3. The van der Waals surface area contributed by atoms with Gasteiger partial charge in [0, 0.05) is 0 Å². The molecule has 1 atom stereocenters. The van der Waals surface area contributed by atoms with Crippen LogP contribution >= 0.6 is 0 Å². The number of benzene rings is 1. The average Bonchev–Trinajstić information content (AvgIpc) is 2.60. The smallest absolute Gasteiger partial charge is 0.310 e. The third-order valence-electron chi connectivity index (χ3n) is 5.37. The first-order valence-electron chi connectivity index (χ1n) is 9.33. The van der Waals surface area contributed by atoms with E-state index in [4.69, 9.17) is 4.74 Å². The molecule has 26 heavy (non-hydrogen) atoms. The molecule has 3 nitrogen and oxygen atoms in total. The number of hydrogen-bond acceptors (Lipinski definition) is 2. The Balaban J connectivity index is 1.80. The lowest BCUT2D eigenvalue weighted by atomic mass is 9.68. The minimum atomic E-state index is -0.698. The molecule has 3 heteroatoms. The second-order valence-corrected chi connectivity index (χ2v) is 8.15. The van der Waals surface area contributed by atoms with Crippen LogP contribution in [0.5, 0.6) is 5.75 Å². The summed E-state index contributed by atoms with van der Waals surface area (Å²) in [6.45, 7) is 4.54. The van der Waals surface area contributed by atoms with Gasteiger partial charge in [0.25, 0.3) is 0 Å². The Morgan fingerprint density at radius 3 is 2.65 bits per heavy atom. The Bertz CT molecular complexity index is 763. The SMILES string of the molecule is COc1ccc(C/C=C/C2=C3CCC(C(=O)O)C=C3CC(C)(C)C2)cc1. The molecule has 1 aromatic carbocycles. The second kappa shape index (κ2) is 7.53. The lowest BCUT2D eigenvalue weighted by Gasteiger charge is -2.37. The zero-order valence-electron chi connectivity index (χ0n) is 15.9. The van der Waals surface area contributed by atoms with E-state index in [0.29, 0.717) is 6.42 Å². The first-order valence-corrected chi connectivity index (χ1v) is 9.33. The Kier molecular flexibility index (Phi) is 5.36. The average molecular weight is 352 g/mol. The van der Waals surface area contributed by atoms with Crippen molar-refractivity contribution in [2.24, 2.45) is 11.3 Å². The summed E-state index contributed by atoms with van der Waals surface area (Å²) in [7, 11) is 1.68. The third kappa shape index (κ3) is 4.27. The highest BCUT2D eigenvalue weighted by atomic mass is 16.5. The van der Waals surface area contributed by atoms with Crippen molar-refractivity contribution in [3.05, 3.63) is 64.8 Å². The molecule has 0 spiro atoms. The van der Waals surface area contributed by atoms with E-state index in [1.54, 1.807) is 7.11 Å². The van der Waals surface area contributed by atoms with Crippen LogP contribution in [0.15, 0.2) is 59.2 Å². The molecule has 0 fully saturated rings. The monoisotopic (exact) mass is 352 g/mol. The summed E-state index contributed by atoms with van der Waals surface area (Å²) in [5.41, 5.74) is 5.45. The van der Waals surface area contributed by atoms with E-state index in [9.17, 15) is 9.90 Å². The van der Waals surface area contributed by atoms with E-state index < -0.39 is 5.97 Å². The summed E-state index contributed by atoms with van der Waals surface area (Å²) < 4.78 is 5.20. The molecule has 3 rings (SSSR count). The highest BCUT2D eigenvalue weighted by Gasteiger charge is 2.33. The molecule has 0 aliphatic heterocycles. The first-order chi connectivity index (χ1) is 12.4. The van der Waals surface area contributed by atoms with Crippen LogP contribution in [0.3, 0.4) is 0 Å². The molecule has 0 heterocycles. The quantitative estimate of drug-likeness (QED) is 0.779. The van der Waals surface area contributed by atoms with Gasteiger partial charge in [0.2, 0.25) is 0 Å². The summed E-state index contributed by atoms with van der Waals surface area (Å²) in [6.07, 6.45) is 11.0. The predicted octanol–water partition coefficient (Wildman–Crippen LogP) is 5.33. The fourth-order valence-electron chi connectivity index (χ4n) is 4.07. The molecule has 0 saturated carbocycles. The molecular weight excluding hydrogens is 324 g/mol. The van der Waals surface area contributed by atoms with Crippen LogP contribution < -0.4 is 4.74 Å². The minimum absolute atomic E-state index is 0.176. The zero-order valence-corrected chi connectivity index (χ0v) is 15.9. The third-order valence-corrected chi connectivity index (χ3v) is 5.37. The molecule has 138 valence electrons. The van der Waals surface area contributed by atoms with Gasteiger partial charge in [-0.05, 0) is 71.9 Å². The largest absolute Gasteiger partial charge is 0.497 e. The Morgan fingerprint density at radius 1 is 1.27 bits per heavy atom.